The van der Waals surface area contributed by atoms with Crippen molar-refractivity contribution in [1.82, 2.24) is 14.4 Å². The number of ether oxygens (including phenoxy) is 2. The molecule has 0 saturated carbocycles. The largest absolute Gasteiger partial charge is 0.497 e. The normalized spacial score (nSPS) is 17.1. The molecule has 0 N–H and O–H groups in total. The Bertz CT molecular complexity index is 1160. The number of rotatable bonds is 7. The minimum Gasteiger partial charge on any atom is -0.497 e. The van der Waals surface area contributed by atoms with Crippen molar-refractivity contribution >= 4 is 16.0 Å². The molecule has 0 aliphatic carbocycles. The van der Waals surface area contributed by atoms with E-state index in [1.54, 1.807) is 49.6 Å². The van der Waals surface area contributed by atoms with Crippen molar-refractivity contribution in [1.29, 1.82) is 0 Å². The van der Waals surface area contributed by atoms with Crippen LogP contribution in [-0.4, -0.2) is 48.5 Å². The maximum absolute atomic E-state index is 13.1. The molecule has 9 nitrogen and oxygen atoms in total. The molecule has 168 valence electrons. The molecular formula is C22H23N3O6S. The zero-order chi connectivity index (χ0) is 22.6. The highest BCUT2D eigenvalue weighted by Gasteiger charge is 2.38. The second-order valence-corrected chi connectivity index (χ2v) is 9.18. The molecule has 1 saturated heterocycles. The van der Waals surface area contributed by atoms with Gasteiger partial charge in [0.1, 0.15) is 11.8 Å². The summed E-state index contributed by atoms with van der Waals surface area (Å²) in [5.41, 5.74) is 0.722. The fraction of sp³-hybridized carbons (Fsp3) is 0.318. The van der Waals surface area contributed by atoms with E-state index < -0.39 is 22.0 Å². The molecule has 1 aromatic heterocycles. The summed E-state index contributed by atoms with van der Waals surface area (Å²) in [6.07, 6.45) is 1.82. The van der Waals surface area contributed by atoms with Crippen LogP contribution in [-0.2, 0) is 26.2 Å². The Kier molecular flexibility index (Phi) is 6.52. The number of sulfonamides is 1. The summed E-state index contributed by atoms with van der Waals surface area (Å²) in [7, 11) is -2.23. The summed E-state index contributed by atoms with van der Waals surface area (Å²) in [6.45, 7) is 0.0247. The Morgan fingerprint density at radius 1 is 1.12 bits per heavy atom. The third kappa shape index (κ3) is 4.66. The Hall–Kier alpha value is -3.24. The monoisotopic (exact) mass is 457 g/mol. The van der Waals surface area contributed by atoms with Crippen LogP contribution >= 0.6 is 0 Å². The summed E-state index contributed by atoms with van der Waals surface area (Å²) in [5.74, 6) is 0.546. The number of carbonyl (C=O) groups is 1. The zero-order valence-electron chi connectivity index (χ0n) is 17.5. The van der Waals surface area contributed by atoms with Gasteiger partial charge < -0.3 is 14.0 Å². The second-order valence-electron chi connectivity index (χ2n) is 7.29. The predicted molar refractivity (Wildman–Crippen MR) is 114 cm³/mol. The molecule has 2 heterocycles. The highest BCUT2D eigenvalue weighted by Crippen LogP contribution is 2.26. The molecule has 10 heteroatoms. The molecule has 1 aliphatic rings. The van der Waals surface area contributed by atoms with Gasteiger partial charge in [0.05, 0.1) is 12.0 Å². The van der Waals surface area contributed by atoms with Crippen molar-refractivity contribution in [3.05, 3.63) is 60.5 Å². The lowest BCUT2D eigenvalue weighted by Crippen LogP contribution is -2.48. The Morgan fingerprint density at radius 2 is 1.88 bits per heavy atom. The van der Waals surface area contributed by atoms with Gasteiger partial charge in [-0.1, -0.05) is 23.4 Å². The van der Waals surface area contributed by atoms with E-state index in [2.05, 4.69) is 10.1 Å². The van der Waals surface area contributed by atoms with Gasteiger partial charge in [0.25, 0.3) is 5.89 Å². The van der Waals surface area contributed by atoms with E-state index in [0.717, 1.165) is 12.0 Å². The van der Waals surface area contributed by atoms with E-state index >= 15 is 0 Å². The highest BCUT2D eigenvalue weighted by molar-refractivity contribution is 7.89. The minimum absolute atomic E-state index is 0.123. The average molecular weight is 458 g/mol. The maximum atomic E-state index is 13.1. The molecule has 32 heavy (non-hydrogen) atoms. The third-order valence-corrected chi connectivity index (χ3v) is 7.15. The van der Waals surface area contributed by atoms with Crippen LogP contribution < -0.4 is 4.74 Å². The first-order chi connectivity index (χ1) is 15.5. The predicted octanol–water partition coefficient (Wildman–Crippen LogP) is 3.03. The number of carbonyl (C=O) groups excluding carboxylic acids is 1. The van der Waals surface area contributed by atoms with Gasteiger partial charge in [-0.15, -0.1) is 0 Å². The number of nitrogens with zero attached hydrogens (tertiary/aromatic N) is 3. The number of benzene rings is 2. The molecule has 1 atom stereocenters. The average Bonchev–Trinajstić information content (AvgIpc) is 3.32. The van der Waals surface area contributed by atoms with Gasteiger partial charge in [0.2, 0.25) is 15.8 Å². The van der Waals surface area contributed by atoms with Gasteiger partial charge in [-0.3, -0.25) is 4.79 Å². The molecule has 0 amide bonds. The standard InChI is InChI=1S/C22H23N3O6S/c1-29-17-12-10-16(11-13-17)21-23-20(31-24-21)15-30-22(26)19-9-5-6-14-25(19)32(27,28)18-7-3-2-4-8-18/h2-4,7-8,10-13,19H,5-6,9,14-15H2,1H3. The maximum Gasteiger partial charge on any atom is 0.324 e. The van der Waals surface area contributed by atoms with E-state index in [1.807, 2.05) is 0 Å². The van der Waals surface area contributed by atoms with Crippen LogP contribution in [0.15, 0.2) is 64.0 Å². The van der Waals surface area contributed by atoms with Crippen molar-refractivity contribution in [3.63, 3.8) is 0 Å². The van der Waals surface area contributed by atoms with Crippen LogP contribution in [0, 0.1) is 0 Å². The molecule has 1 aliphatic heterocycles. The van der Waals surface area contributed by atoms with Crippen molar-refractivity contribution in [2.24, 2.45) is 0 Å². The van der Waals surface area contributed by atoms with Gasteiger partial charge in [-0.25, -0.2) is 8.42 Å². The third-order valence-electron chi connectivity index (χ3n) is 5.23. The quantitative estimate of drug-likeness (QED) is 0.498. The molecule has 1 unspecified atom stereocenters. The van der Waals surface area contributed by atoms with Crippen LogP contribution in [0.5, 0.6) is 5.75 Å². The Balaban J connectivity index is 1.43. The summed E-state index contributed by atoms with van der Waals surface area (Å²) < 4.78 is 43.0. The fourth-order valence-corrected chi connectivity index (χ4v) is 5.22. The van der Waals surface area contributed by atoms with E-state index in [9.17, 15) is 13.2 Å². The zero-order valence-corrected chi connectivity index (χ0v) is 18.3. The number of methoxy groups -OCH3 is 1. The number of esters is 1. The summed E-state index contributed by atoms with van der Waals surface area (Å²) >= 11 is 0. The molecule has 0 bridgehead atoms. The van der Waals surface area contributed by atoms with Crippen molar-refractivity contribution in [2.75, 3.05) is 13.7 Å². The highest BCUT2D eigenvalue weighted by atomic mass is 32.2. The molecule has 0 spiro atoms. The van der Waals surface area contributed by atoms with Crippen LogP contribution in [0.4, 0.5) is 0 Å². The number of piperidine rings is 1. The molecule has 3 aromatic rings. The Morgan fingerprint density at radius 3 is 2.59 bits per heavy atom. The second kappa shape index (κ2) is 9.49. The molecule has 1 fully saturated rings. The minimum atomic E-state index is -3.81. The molecular weight excluding hydrogens is 434 g/mol. The summed E-state index contributed by atoms with van der Waals surface area (Å²) in [5, 5.41) is 3.90. The van der Waals surface area contributed by atoms with Gasteiger partial charge >= 0.3 is 5.97 Å². The topological polar surface area (TPSA) is 112 Å². The van der Waals surface area contributed by atoms with E-state index in [1.165, 1.54) is 16.4 Å². The molecule has 0 radical (unpaired) electrons. The fourth-order valence-electron chi connectivity index (χ4n) is 3.56. The van der Waals surface area contributed by atoms with Crippen LogP contribution in [0.1, 0.15) is 25.2 Å². The van der Waals surface area contributed by atoms with E-state index in [0.29, 0.717) is 24.4 Å². The van der Waals surface area contributed by atoms with E-state index in [-0.39, 0.29) is 23.9 Å². The first kappa shape index (κ1) is 22.0. The van der Waals surface area contributed by atoms with Gasteiger partial charge in [-0.05, 0) is 55.7 Å². The number of hydrogen-bond acceptors (Lipinski definition) is 8. The Labute approximate surface area is 186 Å². The van der Waals surface area contributed by atoms with Crippen LogP contribution in [0.25, 0.3) is 11.4 Å². The number of hydrogen-bond donors (Lipinski definition) is 0. The SMILES string of the molecule is COc1ccc(-c2noc(COC(=O)C3CCCCN3S(=O)(=O)c3ccccc3)n2)cc1. The lowest BCUT2D eigenvalue weighted by Gasteiger charge is -2.32. The lowest BCUT2D eigenvalue weighted by molar-refractivity contribution is -0.151. The van der Waals surface area contributed by atoms with Crippen LogP contribution in [0.3, 0.4) is 0 Å². The van der Waals surface area contributed by atoms with Gasteiger partial charge in [0.15, 0.2) is 6.61 Å². The number of aromatic nitrogens is 2. The van der Waals surface area contributed by atoms with Crippen molar-refractivity contribution < 1.29 is 27.2 Å². The smallest absolute Gasteiger partial charge is 0.324 e. The lowest BCUT2D eigenvalue weighted by atomic mass is 10.1. The summed E-state index contributed by atoms with van der Waals surface area (Å²) in [6, 6.07) is 14.3. The van der Waals surface area contributed by atoms with E-state index in [4.69, 9.17) is 14.0 Å². The molecule has 4 rings (SSSR count). The molecule has 2 aromatic carbocycles. The van der Waals surface area contributed by atoms with Gasteiger partial charge in [-0.2, -0.15) is 9.29 Å². The van der Waals surface area contributed by atoms with Crippen molar-refractivity contribution in [3.8, 4) is 17.1 Å². The van der Waals surface area contributed by atoms with Gasteiger partial charge in [0, 0.05) is 12.1 Å². The van der Waals surface area contributed by atoms with Crippen LogP contribution in [0.2, 0.25) is 0 Å². The summed E-state index contributed by atoms with van der Waals surface area (Å²) in [4.78, 5) is 17.2. The van der Waals surface area contributed by atoms with Crippen molar-refractivity contribution in [2.45, 2.75) is 36.8 Å². The first-order valence-corrected chi connectivity index (χ1v) is 11.6. The first-order valence-electron chi connectivity index (χ1n) is 10.2.